The fraction of sp³-hybridized carbons (Fsp3) is 0.214. The summed E-state index contributed by atoms with van der Waals surface area (Å²) >= 11 is 0. The molecule has 0 radical (unpaired) electrons. The Bertz CT molecular complexity index is 1110. The highest BCUT2D eigenvalue weighted by atomic mass is 16.5. The molecular weight excluding hydrogens is 432 g/mol. The number of Topliss-reactive ketones (excluding diaryl/α,β-unsaturated/α-hetero) is 4. The molecule has 3 rings (SSSR count). The van der Waals surface area contributed by atoms with E-state index in [2.05, 4.69) is 0 Å². The van der Waals surface area contributed by atoms with Gasteiger partial charge in [-0.2, -0.15) is 0 Å². The molecule has 0 bridgehead atoms. The summed E-state index contributed by atoms with van der Waals surface area (Å²) in [6, 6.07) is 17.2. The quantitative estimate of drug-likeness (QED) is 0.365. The number of hydrogen-bond donors (Lipinski definition) is 0. The highest BCUT2D eigenvalue weighted by Crippen LogP contribution is 2.22. The van der Waals surface area contributed by atoms with Crippen LogP contribution >= 0.6 is 0 Å². The van der Waals surface area contributed by atoms with Gasteiger partial charge in [-0.1, -0.05) is 18.2 Å². The maximum Gasteiger partial charge on any atom is 0.159 e. The molecule has 0 aromatic heterocycles. The highest BCUT2D eigenvalue weighted by molar-refractivity contribution is 6.01. The van der Waals surface area contributed by atoms with E-state index in [1.54, 1.807) is 36.4 Å². The van der Waals surface area contributed by atoms with Crippen LogP contribution in [-0.4, -0.2) is 23.1 Å². The molecule has 0 spiro atoms. The molecule has 0 amide bonds. The SMILES string of the molecule is CC(=O)c1cc(OCc2cccc(COc3cc(C(C)=O)cc(C(C)=O)c3)c2)cc(C(C)=O)c1. The second kappa shape index (κ2) is 10.7. The molecule has 0 aliphatic heterocycles. The van der Waals surface area contributed by atoms with Gasteiger partial charge in [0.15, 0.2) is 23.1 Å². The van der Waals surface area contributed by atoms with Crippen molar-refractivity contribution >= 4 is 23.1 Å². The van der Waals surface area contributed by atoms with Crippen molar-refractivity contribution in [3.05, 3.63) is 94.0 Å². The van der Waals surface area contributed by atoms with E-state index in [0.29, 0.717) is 33.8 Å². The lowest BCUT2D eigenvalue weighted by molar-refractivity contribution is 0.0997. The smallest absolute Gasteiger partial charge is 0.159 e. The molecule has 0 fully saturated rings. The second-order valence-electron chi connectivity index (χ2n) is 8.11. The van der Waals surface area contributed by atoms with Crippen molar-refractivity contribution in [1.29, 1.82) is 0 Å². The third kappa shape index (κ3) is 6.48. The lowest BCUT2D eigenvalue weighted by Crippen LogP contribution is -2.03. The first kappa shape index (κ1) is 24.6. The zero-order valence-electron chi connectivity index (χ0n) is 19.6. The van der Waals surface area contributed by atoms with Crippen molar-refractivity contribution in [3.8, 4) is 11.5 Å². The van der Waals surface area contributed by atoms with Crippen LogP contribution in [0.1, 0.15) is 80.3 Å². The van der Waals surface area contributed by atoms with E-state index in [1.165, 1.54) is 27.7 Å². The first-order valence-electron chi connectivity index (χ1n) is 10.8. The van der Waals surface area contributed by atoms with E-state index in [4.69, 9.17) is 9.47 Å². The monoisotopic (exact) mass is 458 g/mol. The number of ketones is 4. The molecule has 6 heteroatoms. The molecule has 0 heterocycles. The maximum absolute atomic E-state index is 11.8. The number of rotatable bonds is 10. The largest absolute Gasteiger partial charge is 0.489 e. The Morgan fingerprint density at radius 3 is 1.15 bits per heavy atom. The van der Waals surface area contributed by atoms with Gasteiger partial charge >= 0.3 is 0 Å². The van der Waals surface area contributed by atoms with Gasteiger partial charge in [0, 0.05) is 22.3 Å². The van der Waals surface area contributed by atoms with Crippen molar-refractivity contribution in [1.82, 2.24) is 0 Å². The number of ether oxygens (including phenoxy) is 2. The summed E-state index contributed by atoms with van der Waals surface area (Å²) in [5.74, 6) is 0.306. The Hall–Kier alpha value is -4.06. The summed E-state index contributed by atoms with van der Waals surface area (Å²) in [6.07, 6.45) is 0. The average molecular weight is 459 g/mol. The average Bonchev–Trinajstić information content (AvgIpc) is 2.81. The molecule has 0 saturated carbocycles. The van der Waals surface area contributed by atoms with Crippen LogP contribution in [0.4, 0.5) is 0 Å². The van der Waals surface area contributed by atoms with Crippen molar-refractivity contribution in [2.24, 2.45) is 0 Å². The second-order valence-corrected chi connectivity index (χ2v) is 8.11. The first-order chi connectivity index (χ1) is 16.1. The van der Waals surface area contributed by atoms with Crippen LogP contribution in [0.3, 0.4) is 0 Å². The Morgan fingerprint density at radius 2 is 0.853 bits per heavy atom. The standard InChI is InChI=1S/C28H26O6/c1-17(29)23-9-24(18(2)30)12-27(11-23)33-15-21-6-5-7-22(8-21)16-34-28-13-25(19(3)31)10-26(14-28)20(4)32/h5-14H,15-16H2,1-4H3. The number of carbonyl (C=O) groups is 4. The van der Waals surface area contributed by atoms with E-state index in [1.807, 2.05) is 24.3 Å². The van der Waals surface area contributed by atoms with E-state index < -0.39 is 0 Å². The summed E-state index contributed by atoms with van der Waals surface area (Å²) in [5.41, 5.74) is 3.43. The minimum absolute atomic E-state index is 0.145. The summed E-state index contributed by atoms with van der Waals surface area (Å²) in [4.78, 5) is 47.1. The first-order valence-corrected chi connectivity index (χ1v) is 10.8. The molecule has 0 saturated heterocycles. The Balaban J connectivity index is 1.72. The van der Waals surface area contributed by atoms with Crippen LogP contribution in [0.15, 0.2) is 60.7 Å². The predicted molar refractivity (Wildman–Crippen MR) is 128 cm³/mol. The number of carbonyl (C=O) groups excluding carboxylic acids is 4. The molecule has 3 aromatic carbocycles. The van der Waals surface area contributed by atoms with Gasteiger partial charge in [-0.3, -0.25) is 19.2 Å². The van der Waals surface area contributed by atoms with Crippen molar-refractivity contribution in [3.63, 3.8) is 0 Å². The predicted octanol–water partition coefficient (Wildman–Crippen LogP) is 5.66. The van der Waals surface area contributed by atoms with Crippen molar-refractivity contribution < 1.29 is 28.7 Å². The Labute approximate surface area is 198 Å². The van der Waals surface area contributed by atoms with Crippen LogP contribution < -0.4 is 9.47 Å². The summed E-state index contributed by atoms with van der Waals surface area (Å²) < 4.78 is 11.7. The number of hydrogen-bond acceptors (Lipinski definition) is 6. The number of benzene rings is 3. The van der Waals surface area contributed by atoms with Gasteiger partial charge in [0.05, 0.1) is 0 Å². The lowest BCUT2D eigenvalue weighted by atomic mass is 10.0. The summed E-state index contributed by atoms with van der Waals surface area (Å²) in [5, 5.41) is 0. The van der Waals surface area contributed by atoms with Crippen molar-refractivity contribution in [2.45, 2.75) is 40.9 Å². The third-order valence-corrected chi connectivity index (χ3v) is 5.24. The van der Waals surface area contributed by atoms with E-state index in [-0.39, 0.29) is 36.3 Å². The summed E-state index contributed by atoms with van der Waals surface area (Å²) in [7, 11) is 0. The molecule has 0 aliphatic carbocycles. The molecular formula is C28H26O6. The highest BCUT2D eigenvalue weighted by Gasteiger charge is 2.11. The zero-order chi connectivity index (χ0) is 24.8. The van der Waals surface area contributed by atoms with Gasteiger partial charge < -0.3 is 9.47 Å². The molecule has 0 atom stereocenters. The van der Waals surface area contributed by atoms with Crippen LogP contribution in [0.5, 0.6) is 11.5 Å². The van der Waals surface area contributed by atoms with Crippen LogP contribution in [0.25, 0.3) is 0 Å². The van der Waals surface area contributed by atoms with Gasteiger partial charge in [-0.25, -0.2) is 0 Å². The van der Waals surface area contributed by atoms with Gasteiger partial charge in [-0.15, -0.1) is 0 Å². The fourth-order valence-electron chi connectivity index (χ4n) is 3.32. The fourth-order valence-corrected chi connectivity index (χ4v) is 3.32. The van der Waals surface area contributed by atoms with E-state index in [0.717, 1.165) is 11.1 Å². The van der Waals surface area contributed by atoms with Crippen LogP contribution in [0.2, 0.25) is 0 Å². The minimum atomic E-state index is -0.145. The maximum atomic E-state index is 11.8. The van der Waals surface area contributed by atoms with Gasteiger partial charge in [0.25, 0.3) is 0 Å². The molecule has 6 nitrogen and oxygen atoms in total. The minimum Gasteiger partial charge on any atom is -0.489 e. The molecule has 0 unspecified atom stereocenters. The Morgan fingerprint density at radius 1 is 0.529 bits per heavy atom. The van der Waals surface area contributed by atoms with E-state index >= 15 is 0 Å². The zero-order valence-corrected chi connectivity index (χ0v) is 19.6. The van der Waals surface area contributed by atoms with Crippen molar-refractivity contribution in [2.75, 3.05) is 0 Å². The normalized spacial score (nSPS) is 10.5. The van der Waals surface area contributed by atoms with Gasteiger partial charge in [0.1, 0.15) is 24.7 Å². The Kier molecular flexibility index (Phi) is 7.74. The molecule has 174 valence electrons. The molecule has 3 aromatic rings. The summed E-state index contributed by atoms with van der Waals surface area (Å²) in [6.45, 7) is 6.24. The molecule has 34 heavy (non-hydrogen) atoms. The third-order valence-electron chi connectivity index (χ3n) is 5.24. The van der Waals surface area contributed by atoms with E-state index in [9.17, 15) is 19.2 Å². The molecule has 0 N–H and O–H groups in total. The van der Waals surface area contributed by atoms with Gasteiger partial charge in [0.2, 0.25) is 0 Å². The molecule has 0 aliphatic rings. The lowest BCUT2D eigenvalue weighted by Gasteiger charge is -2.12. The van der Waals surface area contributed by atoms with Crippen LogP contribution in [0, 0.1) is 0 Å². The topological polar surface area (TPSA) is 86.7 Å². The van der Waals surface area contributed by atoms with Gasteiger partial charge in [-0.05, 0) is 81.3 Å². The van der Waals surface area contributed by atoms with Crippen LogP contribution in [-0.2, 0) is 13.2 Å².